The highest BCUT2D eigenvalue weighted by Gasteiger charge is 2.31. The van der Waals surface area contributed by atoms with Crippen LogP contribution >= 0.6 is 0 Å². The number of carbonyl (C=O) groups excluding carboxylic acids is 1. The predicted octanol–water partition coefficient (Wildman–Crippen LogP) is 3.58. The molecule has 124 valence electrons. The lowest BCUT2D eigenvalue weighted by Crippen LogP contribution is -2.23. The molecule has 2 rings (SSSR count). The van der Waals surface area contributed by atoms with Crippen molar-refractivity contribution < 1.29 is 22.7 Å². The zero-order valence-corrected chi connectivity index (χ0v) is 12.6. The number of benzene rings is 1. The molecule has 0 saturated carbocycles. The van der Waals surface area contributed by atoms with Gasteiger partial charge in [0.25, 0.3) is 5.91 Å². The third-order valence-corrected chi connectivity index (χ3v) is 3.67. The number of ether oxygens (including phenoxy) is 1. The van der Waals surface area contributed by atoms with E-state index in [1.165, 1.54) is 12.1 Å². The van der Waals surface area contributed by atoms with Gasteiger partial charge in [-0.2, -0.15) is 0 Å². The number of amides is 1. The summed E-state index contributed by atoms with van der Waals surface area (Å²) in [5.41, 5.74) is 7.06. The van der Waals surface area contributed by atoms with Gasteiger partial charge in [0.1, 0.15) is 5.75 Å². The Morgan fingerprint density at radius 1 is 1.30 bits per heavy atom. The van der Waals surface area contributed by atoms with Crippen molar-refractivity contribution in [3.8, 4) is 5.75 Å². The van der Waals surface area contributed by atoms with Gasteiger partial charge < -0.3 is 15.8 Å². The van der Waals surface area contributed by atoms with Gasteiger partial charge in [0, 0.05) is 28.9 Å². The Bertz CT molecular complexity index is 666. The van der Waals surface area contributed by atoms with Gasteiger partial charge in [-0.05, 0) is 24.1 Å². The fraction of sp³-hybridized carbons (Fsp3) is 0.312. The first-order chi connectivity index (χ1) is 10.7. The van der Waals surface area contributed by atoms with Crippen LogP contribution in [0.3, 0.4) is 0 Å². The molecule has 23 heavy (non-hydrogen) atoms. The lowest BCUT2D eigenvalue weighted by Gasteiger charge is -2.23. The van der Waals surface area contributed by atoms with Crippen LogP contribution in [0, 0.1) is 11.8 Å². The van der Waals surface area contributed by atoms with Crippen LogP contribution in [0.1, 0.15) is 13.8 Å². The van der Waals surface area contributed by atoms with Gasteiger partial charge in [0.2, 0.25) is 0 Å². The molecule has 0 fully saturated rings. The molecule has 2 unspecified atom stereocenters. The predicted molar refractivity (Wildman–Crippen MR) is 80.4 cm³/mol. The molecule has 0 aromatic heterocycles. The first-order valence-electron chi connectivity index (χ1n) is 7.02. The van der Waals surface area contributed by atoms with Crippen molar-refractivity contribution in [3.05, 3.63) is 47.7 Å². The van der Waals surface area contributed by atoms with Crippen molar-refractivity contribution in [1.82, 2.24) is 0 Å². The number of nitrogens with two attached hydrogens (primary N) is 1. The van der Waals surface area contributed by atoms with E-state index in [4.69, 9.17) is 5.73 Å². The number of hydrogen-bond donors (Lipinski definition) is 2. The van der Waals surface area contributed by atoms with E-state index in [2.05, 4.69) is 10.1 Å². The largest absolute Gasteiger partial charge is 0.573 e. The molecule has 2 atom stereocenters. The minimum atomic E-state index is -4.78. The zero-order chi connectivity index (χ0) is 17.2. The number of anilines is 1. The minimum Gasteiger partial charge on any atom is -0.406 e. The maximum atomic E-state index is 12.2. The van der Waals surface area contributed by atoms with Gasteiger partial charge in [0.15, 0.2) is 0 Å². The maximum Gasteiger partial charge on any atom is 0.573 e. The summed E-state index contributed by atoms with van der Waals surface area (Å²) in [5, 5.41) is 2.54. The molecule has 1 amide bonds. The van der Waals surface area contributed by atoms with E-state index < -0.39 is 18.0 Å². The SMILES string of the molecule is CC1C=C(C(=O)Nc2cccc(OC(F)(F)F)c2)C=C(N)C1C. The normalized spacial score (nSPS) is 21.3. The molecule has 3 N–H and O–H groups in total. The number of hydrogen-bond acceptors (Lipinski definition) is 3. The summed E-state index contributed by atoms with van der Waals surface area (Å²) in [6, 6.07) is 5.10. The molecule has 1 aliphatic carbocycles. The summed E-state index contributed by atoms with van der Waals surface area (Å²) in [6.07, 6.45) is -1.42. The van der Waals surface area contributed by atoms with Crippen molar-refractivity contribution in [2.75, 3.05) is 5.32 Å². The number of rotatable bonds is 3. The minimum absolute atomic E-state index is 0.0978. The Labute approximate surface area is 131 Å². The maximum absolute atomic E-state index is 12.2. The fourth-order valence-corrected chi connectivity index (χ4v) is 2.21. The molecular formula is C16H17F3N2O2. The van der Waals surface area contributed by atoms with Gasteiger partial charge >= 0.3 is 6.36 Å². The molecule has 7 heteroatoms. The highest BCUT2D eigenvalue weighted by molar-refractivity contribution is 6.06. The standard InChI is InChI=1S/C16H17F3N2O2/c1-9-6-11(7-14(20)10(9)2)15(22)21-12-4-3-5-13(8-12)23-16(17,18)19/h3-10H,20H2,1-2H3,(H,21,22). The van der Waals surface area contributed by atoms with Gasteiger partial charge in [0.05, 0.1) is 0 Å². The molecule has 0 radical (unpaired) electrons. The first-order valence-corrected chi connectivity index (χ1v) is 7.02. The fourth-order valence-electron chi connectivity index (χ4n) is 2.21. The first kappa shape index (κ1) is 16.9. The Morgan fingerprint density at radius 3 is 2.61 bits per heavy atom. The van der Waals surface area contributed by atoms with E-state index in [1.807, 2.05) is 13.8 Å². The van der Waals surface area contributed by atoms with E-state index in [0.717, 1.165) is 12.1 Å². The van der Waals surface area contributed by atoms with Gasteiger partial charge in [-0.3, -0.25) is 4.79 Å². The number of nitrogens with one attached hydrogen (secondary N) is 1. The number of carbonyl (C=O) groups is 1. The summed E-state index contributed by atoms with van der Waals surface area (Å²) in [5.74, 6) is -0.600. The molecule has 0 spiro atoms. The van der Waals surface area contributed by atoms with Crippen LogP contribution in [0.25, 0.3) is 0 Å². The molecule has 1 aromatic carbocycles. The van der Waals surface area contributed by atoms with Crippen LogP contribution in [0.5, 0.6) is 5.75 Å². The summed E-state index contributed by atoms with van der Waals surface area (Å²) >= 11 is 0. The van der Waals surface area contributed by atoms with E-state index in [9.17, 15) is 18.0 Å². The molecule has 0 aliphatic heterocycles. The number of allylic oxidation sites excluding steroid dienone is 2. The Morgan fingerprint density at radius 2 is 2.00 bits per heavy atom. The van der Waals surface area contributed by atoms with Gasteiger partial charge in [-0.25, -0.2) is 0 Å². The summed E-state index contributed by atoms with van der Waals surface area (Å²) in [4.78, 5) is 12.2. The number of alkyl halides is 3. The smallest absolute Gasteiger partial charge is 0.406 e. The van der Waals surface area contributed by atoms with Crippen molar-refractivity contribution in [2.45, 2.75) is 20.2 Å². The molecule has 0 saturated heterocycles. The van der Waals surface area contributed by atoms with E-state index in [0.29, 0.717) is 11.3 Å². The summed E-state index contributed by atoms with van der Waals surface area (Å²) in [6.45, 7) is 3.90. The molecule has 0 bridgehead atoms. The summed E-state index contributed by atoms with van der Waals surface area (Å²) < 4.78 is 40.4. The van der Waals surface area contributed by atoms with Crippen LogP contribution in [-0.4, -0.2) is 12.3 Å². The quantitative estimate of drug-likeness (QED) is 0.892. The second-order valence-electron chi connectivity index (χ2n) is 5.44. The van der Waals surface area contributed by atoms with Crippen LogP contribution in [-0.2, 0) is 4.79 Å². The third-order valence-electron chi connectivity index (χ3n) is 3.67. The van der Waals surface area contributed by atoms with Crippen LogP contribution in [0.15, 0.2) is 47.7 Å². The second-order valence-corrected chi connectivity index (χ2v) is 5.44. The Hall–Kier alpha value is -2.44. The van der Waals surface area contributed by atoms with Crippen molar-refractivity contribution >= 4 is 11.6 Å². The molecular weight excluding hydrogens is 309 g/mol. The lowest BCUT2D eigenvalue weighted by atomic mass is 9.86. The highest BCUT2D eigenvalue weighted by atomic mass is 19.4. The van der Waals surface area contributed by atoms with E-state index in [1.54, 1.807) is 12.2 Å². The van der Waals surface area contributed by atoms with Crippen molar-refractivity contribution in [3.63, 3.8) is 0 Å². The third kappa shape index (κ3) is 4.51. The second kappa shape index (κ2) is 6.36. The van der Waals surface area contributed by atoms with E-state index >= 15 is 0 Å². The Kier molecular flexibility index (Phi) is 4.68. The monoisotopic (exact) mass is 326 g/mol. The van der Waals surface area contributed by atoms with Crippen molar-refractivity contribution in [2.24, 2.45) is 17.6 Å². The number of halogens is 3. The molecule has 0 heterocycles. The zero-order valence-electron chi connectivity index (χ0n) is 12.6. The highest BCUT2D eigenvalue weighted by Crippen LogP contribution is 2.28. The molecule has 4 nitrogen and oxygen atoms in total. The van der Waals surface area contributed by atoms with Crippen LogP contribution in [0.4, 0.5) is 18.9 Å². The van der Waals surface area contributed by atoms with Crippen LogP contribution < -0.4 is 15.8 Å². The van der Waals surface area contributed by atoms with Crippen LogP contribution in [0.2, 0.25) is 0 Å². The Balaban J connectivity index is 2.12. The van der Waals surface area contributed by atoms with E-state index in [-0.39, 0.29) is 17.5 Å². The van der Waals surface area contributed by atoms with Gasteiger partial charge in [-0.15, -0.1) is 13.2 Å². The topological polar surface area (TPSA) is 64.3 Å². The van der Waals surface area contributed by atoms with Crippen molar-refractivity contribution in [1.29, 1.82) is 0 Å². The molecule has 1 aliphatic rings. The van der Waals surface area contributed by atoms with Gasteiger partial charge in [-0.1, -0.05) is 26.0 Å². The average molecular weight is 326 g/mol. The average Bonchev–Trinajstić information content (AvgIpc) is 2.42. The molecule has 1 aromatic rings. The summed E-state index contributed by atoms with van der Waals surface area (Å²) in [7, 11) is 0. The lowest BCUT2D eigenvalue weighted by molar-refractivity contribution is -0.274.